The van der Waals surface area contributed by atoms with Crippen molar-refractivity contribution in [3.63, 3.8) is 0 Å². The molecular weight excluding hydrogens is 261 g/mol. The predicted octanol–water partition coefficient (Wildman–Crippen LogP) is 4.98. The summed E-state index contributed by atoms with van der Waals surface area (Å²) in [6.07, 6.45) is 0. The average molecular weight is 272 g/mol. The van der Waals surface area contributed by atoms with E-state index in [0.29, 0.717) is 10.0 Å². The highest BCUT2D eigenvalue weighted by Gasteiger charge is 2.03. The Morgan fingerprint density at radius 2 is 2.06 bits per heavy atom. The summed E-state index contributed by atoms with van der Waals surface area (Å²) in [6, 6.07) is 7.53. The summed E-state index contributed by atoms with van der Waals surface area (Å²) in [5.41, 5.74) is 2.18. The van der Waals surface area contributed by atoms with Gasteiger partial charge in [0.05, 0.1) is 10.7 Å². The maximum absolute atomic E-state index is 6.06. The van der Waals surface area contributed by atoms with Gasteiger partial charge in [-0.2, -0.15) is 0 Å². The molecule has 16 heavy (non-hydrogen) atoms. The van der Waals surface area contributed by atoms with Crippen molar-refractivity contribution in [3.8, 4) is 0 Å². The molecule has 0 spiro atoms. The Hall–Kier alpha value is -0.700. The van der Waals surface area contributed by atoms with Crippen LogP contribution in [0.2, 0.25) is 10.0 Å². The minimum atomic E-state index is 0.690. The molecule has 0 amide bonds. The molecule has 0 aliphatic carbocycles. The molecule has 0 unspecified atom stereocenters. The first-order valence-electron chi connectivity index (χ1n) is 4.88. The van der Waals surface area contributed by atoms with Crippen LogP contribution in [0.25, 0.3) is 0 Å². The number of hydrogen-bond acceptors (Lipinski definition) is 2. The molecule has 0 radical (unpaired) electrons. The molecule has 1 aromatic carbocycles. The van der Waals surface area contributed by atoms with Gasteiger partial charge >= 0.3 is 0 Å². The zero-order chi connectivity index (χ0) is 11.5. The van der Waals surface area contributed by atoms with Crippen molar-refractivity contribution >= 4 is 40.2 Å². The Morgan fingerprint density at radius 1 is 1.25 bits per heavy atom. The van der Waals surface area contributed by atoms with Crippen molar-refractivity contribution in [3.05, 3.63) is 50.1 Å². The van der Waals surface area contributed by atoms with Crippen molar-refractivity contribution in [1.82, 2.24) is 0 Å². The molecule has 4 heteroatoms. The van der Waals surface area contributed by atoms with Gasteiger partial charge in [-0.15, -0.1) is 11.3 Å². The van der Waals surface area contributed by atoms with Crippen molar-refractivity contribution in [2.75, 3.05) is 5.32 Å². The van der Waals surface area contributed by atoms with Gasteiger partial charge in [-0.05, 0) is 42.1 Å². The van der Waals surface area contributed by atoms with E-state index in [9.17, 15) is 0 Å². The van der Waals surface area contributed by atoms with Crippen LogP contribution in [-0.2, 0) is 6.54 Å². The summed E-state index contributed by atoms with van der Waals surface area (Å²) >= 11 is 13.7. The predicted molar refractivity (Wildman–Crippen MR) is 72.8 cm³/mol. The number of benzene rings is 1. The Kier molecular flexibility index (Phi) is 3.74. The fourth-order valence-electron chi connectivity index (χ4n) is 1.39. The van der Waals surface area contributed by atoms with E-state index >= 15 is 0 Å². The van der Waals surface area contributed by atoms with E-state index in [1.807, 2.05) is 6.07 Å². The second kappa shape index (κ2) is 5.09. The van der Waals surface area contributed by atoms with Crippen LogP contribution in [0.3, 0.4) is 0 Å². The molecule has 84 valence electrons. The minimum Gasteiger partial charge on any atom is -0.379 e. The Balaban J connectivity index is 2.10. The highest BCUT2D eigenvalue weighted by Crippen LogP contribution is 2.26. The maximum atomic E-state index is 6.06. The summed E-state index contributed by atoms with van der Waals surface area (Å²) in [4.78, 5) is 1.32. The third-order valence-corrected chi connectivity index (χ3v) is 3.92. The normalized spacial score (nSPS) is 10.4. The molecule has 0 bridgehead atoms. The summed E-state index contributed by atoms with van der Waals surface area (Å²) in [6.45, 7) is 2.89. The molecule has 0 saturated heterocycles. The van der Waals surface area contributed by atoms with Crippen LogP contribution in [0.1, 0.15) is 10.4 Å². The summed E-state index contributed by atoms with van der Waals surface area (Å²) < 4.78 is 0. The van der Waals surface area contributed by atoms with Gasteiger partial charge in [0.1, 0.15) is 0 Å². The zero-order valence-corrected chi connectivity index (χ0v) is 11.1. The van der Waals surface area contributed by atoms with Crippen LogP contribution in [0.15, 0.2) is 29.6 Å². The molecule has 1 heterocycles. The van der Waals surface area contributed by atoms with E-state index in [4.69, 9.17) is 23.2 Å². The second-order valence-corrected chi connectivity index (χ2v) is 5.35. The van der Waals surface area contributed by atoms with E-state index in [2.05, 4.69) is 23.7 Å². The van der Waals surface area contributed by atoms with E-state index in [1.54, 1.807) is 23.5 Å². The Morgan fingerprint density at radius 3 is 2.75 bits per heavy atom. The standard InChI is InChI=1S/C12H11Cl2NS/c1-8-4-5-16-12(8)7-15-11-6-9(13)2-3-10(11)14/h2-6,15H,7H2,1H3. The lowest BCUT2D eigenvalue weighted by Crippen LogP contribution is -1.99. The highest BCUT2D eigenvalue weighted by molar-refractivity contribution is 7.10. The van der Waals surface area contributed by atoms with Crippen LogP contribution in [0.5, 0.6) is 0 Å². The third-order valence-electron chi connectivity index (χ3n) is 2.34. The van der Waals surface area contributed by atoms with Gasteiger partial charge in [-0.1, -0.05) is 23.2 Å². The first-order chi connectivity index (χ1) is 7.66. The number of hydrogen-bond donors (Lipinski definition) is 1. The van der Waals surface area contributed by atoms with Gasteiger partial charge in [0.15, 0.2) is 0 Å². The lowest BCUT2D eigenvalue weighted by Gasteiger charge is -2.08. The summed E-state index contributed by atoms with van der Waals surface area (Å²) in [5.74, 6) is 0. The molecule has 1 N–H and O–H groups in total. The Bertz CT molecular complexity index is 494. The van der Waals surface area contributed by atoms with Crippen LogP contribution in [-0.4, -0.2) is 0 Å². The maximum Gasteiger partial charge on any atom is 0.0638 e. The van der Waals surface area contributed by atoms with Gasteiger partial charge in [-0.25, -0.2) is 0 Å². The number of anilines is 1. The number of aryl methyl sites for hydroxylation is 1. The summed E-state index contributed by atoms with van der Waals surface area (Å²) in [5, 5.41) is 6.76. The van der Waals surface area contributed by atoms with Gasteiger partial charge < -0.3 is 5.32 Å². The lowest BCUT2D eigenvalue weighted by molar-refractivity contribution is 1.17. The molecular formula is C12H11Cl2NS. The molecule has 0 saturated carbocycles. The van der Waals surface area contributed by atoms with Crippen LogP contribution in [0.4, 0.5) is 5.69 Å². The zero-order valence-electron chi connectivity index (χ0n) is 8.76. The van der Waals surface area contributed by atoms with E-state index in [1.165, 1.54) is 10.4 Å². The van der Waals surface area contributed by atoms with Crippen molar-refractivity contribution < 1.29 is 0 Å². The molecule has 0 atom stereocenters. The molecule has 0 fully saturated rings. The summed E-state index contributed by atoms with van der Waals surface area (Å²) in [7, 11) is 0. The van der Waals surface area contributed by atoms with Crippen LogP contribution < -0.4 is 5.32 Å². The average Bonchev–Trinajstić information content (AvgIpc) is 2.66. The number of thiophene rings is 1. The van der Waals surface area contributed by atoms with Crippen LogP contribution >= 0.6 is 34.5 Å². The SMILES string of the molecule is Cc1ccsc1CNc1cc(Cl)ccc1Cl. The minimum absolute atomic E-state index is 0.690. The quantitative estimate of drug-likeness (QED) is 0.831. The fraction of sp³-hybridized carbons (Fsp3) is 0.167. The molecule has 1 aromatic heterocycles. The molecule has 2 rings (SSSR count). The van der Waals surface area contributed by atoms with E-state index in [-0.39, 0.29) is 0 Å². The lowest BCUT2D eigenvalue weighted by atomic mass is 10.2. The van der Waals surface area contributed by atoms with Gasteiger partial charge in [0.25, 0.3) is 0 Å². The van der Waals surface area contributed by atoms with Gasteiger partial charge in [-0.3, -0.25) is 0 Å². The highest BCUT2D eigenvalue weighted by atomic mass is 35.5. The fourth-order valence-corrected chi connectivity index (χ4v) is 2.60. The second-order valence-electron chi connectivity index (χ2n) is 3.50. The third kappa shape index (κ3) is 2.70. The molecule has 0 aliphatic rings. The molecule has 2 aromatic rings. The van der Waals surface area contributed by atoms with Gasteiger partial charge in [0.2, 0.25) is 0 Å². The van der Waals surface area contributed by atoms with Crippen molar-refractivity contribution in [2.45, 2.75) is 13.5 Å². The van der Waals surface area contributed by atoms with Crippen molar-refractivity contribution in [1.29, 1.82) is 0 Å². The largest absolute Gasteiger partial charge is 0.379 e. The number of nitrogens with one attached hydrogen (secondary N) is 1. The first kappa shape index (κ1) is 11.8. The monoisotopic (exact) mass is 271 g/mol. The van der Waals surface area contributed by atoms with Gasteiger partial charge in [0, 0.05) is 16.4 Å². The van der Waals surface area contributed by atoms with Crippen LogP contribution in [0, 0.1) is 6.92 Å². The molecule has 1 nitrogen and oxygen atoms in total. The van der Waals surface area contributed by atoms with E-state index in [0.717, 1.165) is 12.2 Å². The van der Waals surface area contributed by atoms with E-state index < -0.39 is 0 Å². The number of halogens is 2. The number of rotatable bonds is 3. The Labute approximate surface area is 109 Å². The first-order valence-corrected chi connectivity index (χ1v) is 6.52. The smallest absolute Gasteiger partial charge is 0.0638 e. The van der Waals surface area contributed by atoms with Crippen molar-refractivity contribution in [2.24, 2.45) is 0 Å². The molecule has 0 aliphatic heterocycles. The topological polar surface area (TPSA) is 12.0 Å².